The Morgan fingerprint density at radius 3 is 2.41 bits per heavy atom. The molecule has 0 bridgehead atoms. The molecule has 0 aromatic heterocycles. The van der Waals surface area contributed by atoms with Crippen LogP contribution in [0.5, 0.6) is 5.75 Å². The minimum Gasteiger partial charge on any atom is -0.497 e. The molecule has 3 heteroatoms. The molecule has 0 spiro atoms. The standard InChI is InChI=1S/C14H24N2O/c1-4-16(10-12(2)9-15)11-13-5-7-14(17-3)8-6-13/h5-8,12H,4,9-11,15H2,1-3H3. The number of nitrogens with zero attached hydrogens (tertiary/aromatic N) is 1. The zero-order valence-corrected chi connectivity index (χ0v) is 11.1. The minimum atomic E-state index is 0.549. The first-order valence-corrected chi connectivity index (χ1v) is 6.25. The van der Waals surface area contributed by atoms with E-state index in [9.17, 15) is 0 Å². The fourth-order valence-corrected chi connectivity index (χ4v) is 1.81. The summed E-state index contributed by atoms with van der Waals surface area (Å²) in [5.74, 6) is 1.46. The molecule has 0 aliphatic rings. The fourth-order valence-electron chi connectivity index (χ4n) is 1.81. The molecule has 0 saturated carbocycles. The minimum absolute atomic E-state index is 0.549. The first-order chi connectivity index (χ1) is 8.19. The summed E-state index contributed by atoms with van der Waals surface area (Å²) in [7, 11) is 1.69. The average Bonchev–Trinajstić information content (AvgIpc) is 2.38. The van der Waals surface area contributed by atoms with Crippen LogP contribution in [0.2, 0.25) is 0 Å². The van der Waals surface area contributed by atoms with Crippen molar-refractivity contribution in [1.29, 1.82) is 0 Å². The second-order valence-electron chi connectivity index (χ2n) is 4.52. The highest BCUT2D eigenvalue weighted by Gasteiger charge is 2.08. The van der Waals surface area contributed by atoms with Crippen molar-refractivity contribution in [2.75, 3.05) is 26.7 Å². The van der Waals surface area contributed by atoms with Crippen LogP contribution < -0.4 is 10.5 Å². The summed E-state index contributed by atoms with van der Waals surface area (Å²) in [6.07, 6.45) is 0. The van der Waals surface area contributed by atoms with Gasteiger partial charge in [-0.1, -0.05) is 26.0 Å². The van der Waals surface area contributed by atoms with E-state index in [-0.39, 0.29) is 0 Å². The lowest BCUT2D eigenvalue weighted by Crippen LogP contribution is -2.31. The van der Waals surface area contributed by atoms with Crippen LogP contribution in [0, 0.1) is 5.92 Å². The van der Waals surface area contributed by atoms with Crippen LogP contribution in [-0.2, 0) is 6.54 Å². The van der Waals surface area contributed by atoms with Gasteiger partial charge in [-0.3, -0.25) is 4.90 Å². The van der Waals surface area contributed by atoms with Gasteiger partial charge in [0.2, 0.25) is 0 Å². The smallest absolute Gasteiger partial charge is 0.118 e. The molecule has 1 aromatic rings. The van der Waals surface area contributed by atoms with Crippen molar-refractivity contribution in [2.24, 2.45) is 11.7 Å². The van der Waals surface area contributed by atoms with Gasteiger partial charge in [-0.05, 0) is 36.7 Å². The molecule has 2 N–H and O–H groups in total. The SMILES string of the molecule is CCN(Cc1ccc(OC)cc1)CC(C)CN. The van der Waals surface area contributed by atoms with E-state index in [4.69, 9.17) is 10.5 Å². The number of methoxy groups -OCH3 is 1. The second-order valence-corrected chi connectivity index (χ2v) is 4.52. The first kappa shape index (κ1) is 14.0. The summed E-state index contributed by atoms with van der Waals surface area (Å²) in [5.41, 5.74) is 6.98. The summed E-state index contributed by atoms with van der Waals surface area (Å²) < 4.78 is 5.15. The molecule has 0 aliphatic heterocycles. The summed E-state index contributed by atoms with van der Waals surface area (Å²) in [6, 6.07) is 8.26. The maximum absolute atomic E-state index is 5.66. The summed E-state index contributed by atoms with van der Waals surface area (Å²) in [5, 5.41) is 0. The number of nitrogens with two attached hydrogens (primary N) is 1. The maximum atomic E-state index is 5.66. The van der Waals surface area contributed by atoms with Crippen LogP contribution in [-0.4, -0.2) is 31.6 Å². The van der Waals surface area contributed by atoms with E-state index in [1.165, 1.54) is 5.56 Å². The molecule has 1 unspecified atom stereocenters. The van der Waals surface area contributed by atoms with Crippen molar-refractivity contribution in [3.05, 3.63) is 29.8 Å². The Labute approximate surface area is 105 Å². The number of benzene rings is 1. The monoisotopic (exact) mass is 236 g/mol. The molecule has 1 aromatic carbocycles. The zero-order chi connectivity index (χ0) is 12.7. The van der Waals surface area contributed by atoms with Crippen LogP contribution in [0.4, 0.5) is 0 Å². The van der Waals surface area contributed by atoms with Crippen LogP contribution in [0.25, 0.3) is 0 Å². The Morgan fingerprint density at radius 1 is 1.29 bits per heavy atom. The van der Waals surface area contributed by atoms with E-state index in [0.29, 0.717) is 5.92 Å². The van der Waals surface area contributed by atoms with Gasteiger partial charge in [0.05, 0.1) is 7.11 Å². The predicted octanol–water partition coefficient (Wildman–Crippen LogP) is 2.11. The highest BCUT2D eigenvalue weighted by atomic mass is 16.5. The van der Waals surface area contributed by atoms with Crippen LogP contribution in [0.15, 0.2) is 24.3 Å². The van der Waals surface area contributed by atoms with Gasteiger partial charge >= 0.3 is 0 Å². The quantitative estimate of drug-likeness (QED) is 0.788. The van der Waals surface area contributed by atoms with Gasteiger partial charge in [0.15, 0.2) is 0 Å². The van der Waals surface area contributed by atoms with E-state index >= 15 is 0 Å². The van der Waals surface area contributed by atoms with E-state index in [2.05, 4.69) is 30.9 Å². The van der Waals surface area contributed by atoms with Crippen LogP contribution >= 0.6 is 0 Å². The van der Waals surface area contributed by atoms with Crippen LogP contribution in [0.1, 0.15) is 19.4 Å². The van der Waals surface area contributed by atoms with Gasteiger partial charge in [0.1, 0.15) is 5.75 Å². The summed E-state index contributed by atoms with van der Waals surface area (Å²) in [6.45, 7) is 8.21. The topological polar surface area (TPSA) is 38.5 Å². The van der Waals surface area contributed by atoms with Crippen molar-refractivity contribution in [2.45, 2.75) is 20.4 Å². The predicted molar refractivity (Wildman–Crippen MR) is 72.2 cm³/mol. The Morgan fingerprint density at radius 2 is 1.94 bits per heavy atom. The van der Waals surface area contributed by atoms with Crippen molar-refractivity contribution in [3.8, 4) is 5.75 Å². The largest absolute Gasteiger partial charge is 0.497 e. The third-order valence-corrected chi connectivity index (χ3v) is 2.98. The number of ether oxygens (including phenoxy) is 1. The maximum Gasteiger partial charge on any atom is 0.118 e. The third-order valence-electron chi connectivity index (χ3n) is 2.98. The van der Waals surface area contributed by atoms with E-state index in [1.807, 2.05) is 12.1 Å². The Balaban J connectivity index is 2.54. The molecule has 0 amide bonds. The van der Waals surface area contributed by atoms with E-state index in [0.717, 1.165) is 31.9 Å². The average molecular weight is 236 g/mol. The molecule has 0 saturated heterocycles. The number of hydrogen-bond acceptors (Lipinski definition) is 3. The van der Waals surface area contributed by atoms with Crippen molar-refractivity contribution in [1.82, 2.24) is 4.90 Å². The molecular weight excluding hydrogens is 212 g/mol. The molecule has 0 aliphatic carbocycles. The van der Waals surface area contributed by atoms with Crippen molar-refractivity contribution in [3.63, 3.8) is 0 Å². The molecule has 1 rings (SSSR count). The molecule has 0 fully saturated rings. The van der Waals surface area contributed by atoms with Gasteiger partial charge in [0.25, 0.3) is 0 Å². The lowest BCUT2D eigenvalue weighted by atomic mass is 10.1. The molecule has 0 heterocycles. The Hall–Kier alpha value is -1.06. The van der Waals surface area contributed by atoms with Crippen molar-refractivity contribution >= 4 is 0 Å². The Kier molecular flexibility index (Phi) is 6.01. The molecule has 3 nitrogen and oxygen atoms in total. The lowest BCUT2D eigenvalue weighted by molar-refractivity contribution is 0.243. The van der Waals surface area contributed by atoms with Gasteiger partial charge in [-0.25, -0.2) is 0 Å². The summed E-state index contributed by atoms with van der Waals surface area (Å²) >= 11 is 0. The number of hydrogen-bond donors (Lipinski definition) is 1. The van der Waals surface area contributed by atoms with Gasteiger partial charge in [-0.15, -0.1) is 0 Å². The highest BCUT2D eigenvalue weighted by molar-refractivity contribution is 5.27. The lowest BCUT2D eigenvalue weighted by Gasteiger charge is -2.23. The molecule has 96 valence electrons. The van der Waals surface area contributed by atoms with Gasteiger partial charge in [-0.2, -0.15) is 0 Å². The zero-order valence-electron chi connectivity index (χ0n) is 11.1. The van der Waals surface area contributed by atoms with E-state index in [1.54, 1.807) is 7.11 Å². The molecular formula is C14H24N2O. The van der Waals surface area contributed by atoms with Crippen molar-refractivity contribution < 1.29 is 4.74 Å². The van der Waals surface area contributed by atoms with E-state index < -0.39 is 0 Å². The second kappa shape index (κ2) is 7.30. The molecule has 17 heavy (non-hydrogen) atoms. The number of rotatable bonds is 7. The Bertz CT molecular complexity index is 311. The highest BCUT2D eigenvalue weighted by Crippen LogP contribution is 2.13. The third kappa shape index (κ3) is 4.75. The van der Waals surface area contributed by atoms with Crippen LogP contribution in [0.3, 0.4) is 0 Å². The van der Waals surface area contributed by atoms with Gasteiger partial charge < -0.3 is 10.5 Å². The summed E-state index contributed by atoms with van der Waals surface area (Å²) in [4.78, 5) is 2.42. The normalized spacial score (nSPS) is 12.8. The molecule has 0 radical (unpaired) electrons. The van der Waals surface area contributed by atoms with Gasteiger partial charge in [0, 0.05) is 13.1 Å². The fraction of sp³-hybridized carbons (Fsp3) is 0.571. The first-order valence-electron chi connectivity index (χ1n) is 6.25. The molecule has 1 atom stereocenters.